The molecule has 0 radical (unpaired) electrons. The molecule has 0 bridgehead atoms. The summed E-state index contributed by atoms with van der Waals surface area (Å²) in [4.78, 5) is 6.28. The fraction of sp³-hybridized carbons (Fsp3) is 0.622. The Kier molecular flexibility index (Phi) is 13.4. The van der Waals surface area contributed by atoms with E-state index in [9.17, 15) is 10.2 Å². The summed E-state index contributed by atoms with van der Waals surface area (Å²) in [7, 11) is 0. The molecule has 54 heavy (non-hydrogen) atoms. The molecule has 1 saturated heterocycles. The van der Waals surface area contributed by atoms with Crippen LogP contribution in [-0.2, 0) is 14.3 Å². The van der Waals surface area contributed by atoms with E-state index in [-0.39, 0.29) is 48.4 Å². The van der Waals surface area contributed by atoms with E-state index in [0.717, 1.165) is 91.9 Å². The molecule has 7 rings (SSSR count). The van der Waals surface area contributed by atoms with Gasteiger partial charge < -0.3 is 34.0 Å². The summed E-state index contributed by atoms with van der Waals surface area (Å²) in [6, 6.07) is 12.6. The van der Waals surface area contributed by atoms with E-state index in [2.05, 4.69) is 50.8 Å². The highest BCUT2D eigenvalue weighted by atomic mass is 32.2. The van der Waals surface area contributed by atoms with Crippen LogP contribution in [-0.4, -0.2) is 64.9 Å². The lowest BCUT2D eigenvalue weighted by atomic mass is 9.56. The van der Waals surface area contributed by atoms with Crippen LogP contribution in [0.5, 0.6) is 17.2 Å². The van der Waals surface area contributed by atoms with Gasteiger partial charge in [0.05, 0.1) is 30.1 Å². The molecule has 3 fully saturated rings. The lowest BCUT2D eigenvalue weighted by Gasteiger charge is -2.58. The average Bonchev–Trinajstić information content (AvgIpc) is 3.70. The predicted molar refractivity (Wildman–Crippen MR) is 215 cm³/mol. The maximum Gasteiger partial charge on any atom is 0.230 e. The van der Waals surface area contributed by atoms with Crippen molar-refractivity contribution in [3.8, 4) is 17.2 Å². The molecule has 3 aliphatic carbocycles. The number of rotatable bonds is 17. The van der Waals surface area contributed by atoms with Crippen LogP contribution in [0.1, 0.15) is 112 Å². The number of hydrogen-bond acceptors (Lipinski definition) is 9. The summed E-state index contributed by atoms with van der Waals surface area (Å²) >= 11 is 2.02. The SMILES string of the molecule is C=CCO[C@@]12Oc3ccc(Oc4ccc(C)c(C)c4)cc3[C@H]3[C@H](CCCCO)[C@@H](CCCCO)C=C(C(=NOC4CCCCO4)C[C@@H]1SC1CCCC1)[C@H]32. The van der Waals surface area contributed by atoms with Gasteiger partial charge in [0.1, 0.15) is 17.2 Å². The molecule has 0 spiro atoms. The highest BCUT2D eigenvalue weighted by Crippen LogP contribution is 2.63. The number of nitrogens with zero attached hydrogens (tertiary/aromatic N) is 1. The van der Waals surface area contributed by atoms with Crippen molar-refractivity contribution in [1.82, 2.24) is 0 Å². The monoisotopic (exact) mass is 759 g/mol. The third kappa shape index (κ3) is 8.61. The first-order chi connectivity index (χ1) is 26.4. The van der Waals surface area contributed by atoms with Gasteiger partial charge in [-0.25, -0.2) is 0 Å². The third-order valence-corrected chi connectivity index (χ3v) is 14.1. The number of aryl methyl sites for hydroxylation is 2. The first-order valence-corrected chi connectivity index (χ1v) is 21.6. The van der Waals surface area contributed by atoms with Crippen LogP contribution in [0, 0.1) is 31.6 Å². The fourth-order valence-electron chi connectivity index (χ4n) is 9.59. The number of thioether (sulfide) groups is 1. The van der Waals surface area contributed by atoms with Gasteiger partial charge in [-0.15, -0.1) is 18.3 Å². The molecule has 0 aromatic heterocycles. The summed E-state index contributed by atoms with van der Waals surface area (Å²) < 4.78 is 27.1. The quantitative estimate of drug-likeness (QED) is 0.0935. The van der Waals surface area contributed by atoms with Crippen molar-refractivity contribution in [3.05, 3.63) is 77.4 Å². The molecular formula is C45H61NO7S. The smallest absolute Gasteiger partial charge is 0.230 e. The zero-order valence-electron chi connectivity index (χ0n) is 32.4. The van der Waals surface area contributed by atoms with Crippen LogP contribution in [0.2, 0.25) is 0 Å². The van der Waals surface area contributed by atoms with E-state index in [1.165, 1.54) is 36.8 Å². The number of fused-ring (bicyclic) bond motifs is 2. The summed E-state index contributed by atoms with van der Waals surface area (Å²) in [6.45, 7) is 9.73. The van der Waals surface area contributed by atoms with Gasteiger partial charge in [0.2, 0.25) is 12.1 Å². The summed E-state index contributed by atoms with van der Waals surface area (Å²) in [5.74, 6) is 1.84. The Morgan fingerprint density at radius 1 is 0.926 bits per heavy atom. The highest BCUT2D eigenvalue weighted by Gasteiger charge is 2.64. The maximum atomic E-state index is 9.93. The Balaban J connectivity index is 1.38. The van der Waals surface area contributed by atoms with E-state index < -0.39 is 5.79 Å². The molecule has 2 heterocycles. The molecule has 2 aromatic carbocycles. The van der Waals surface area contributed by atoms with Crippen molar-refractivity contribution in [1.29, 1.82) is 0 Å². The third-order valence-electron chi connectivity index (χ3n) is 12.4. The molecular weight excluding hydrogens is 699 g/mol. The van der Waals surface area contributed by atoms with Crippen molar-refractivity contribution in [2.75, 3.05) is 26.4 Å². The molecule has 2 saturated carbocycles. The number of unbranched alkanes of at least 4 members (excludes halogenated alkanes) is 2. The lowest BCUT2D eigenvalue weighted by Crippen LogP contribution is -2.64. The van der Waals surface area contributed by atoms with Crippen molar-refractivity contribution in [3.63, 3.8) is 0 Å². The number of aliphatic hydroxyl groups is 2. The van der Waals surface area contributed by atoms with Crippen LogP contribution in [0.15, 0.2) is 65.9 Å². The van der Waals surface area contributed by atoms with E-state index >= 15 is 0 Å². The first kappa shape index (κ1) is 39.4. The Morgan fingerprint density at radius 2 is 1.69 bits per heavy atom. The van der Waals surface area contributed by atoms with Gasteiger partial charge in [-0.2, -0.15) is 0 Å². The molecule has 5 aliphatic rings. The van der Waals surface area contributed by atoms with Gasteiger partial charge in [-0.1, -0.05) is 49.1 Å². The second-order valence-corrected chi connectivity index (χ2v) is 17.5. The van der Waals surface area contributed by atoms with Gasteiger partial charge in [0.15, 0.2) is 0 Å². The fourth-order valence-corrected chi connectivity index (χ4v) is 11.4. The molecule has 2 aromatic rings. The van der Waals surface area contributed by atoms with Crippen molar-refractivity contribution < 1.29 is 34.0 Å². The standard InChI is InChI=1S/C45H61NO7S/c1-4-24-50-45-41(54-35-14-5-6-15-35)29-39(46-53-42-17-9-12-25-49-42)37-27-32(13-7-10-22-47)36(16-8-11-23-48)43(44(37)45)38-28-34(20-21-40(38)52-45)51-33-19-18-30(2)31(3)26-33/h4,18-21,26-28,32,35-36,41-44,47-48H,1,5-17,22-25,29H2,2-3H3/t32-,36+,41-,42?,43+,44+,45+/m0/s1. The number of aliphatic hydroxyl groups excluding tert-OH is 2. The van der Waals surface area contributed by atoms with E-state index in [4.69, 9.17) is 28.9 Å². The van der Waals surface area contributed by atoms with Gasteiger partial charge in [0.25, 0.3) is 0 Å². The van der Waals surface area contributed by atoms with Crippen molar-refractivity contribution >= 4 is 17.5 Å². The largest absolute Gasteiger partial charge is 0.460 e. The minimum absolute atomic E-state index is 0.0246. The molecule has 2 N–H and O–H groups in total. The van der Waals surface area contributed by atoms with Crippen LogP contribution in [0.3, 0.4) is 0 Å². The number of benzene rings is 2. The first-order valence-electron chi connectivity index (χ1n) is 20.7. The minimum Gasteiger partial charge on any atom is -0.460 e. The molecule has 1 unspecified atom stereocenters. The zero-order valence-corrected chi connectivity index (χ0v) is 33.2. The number of ether oxygens (including phenoxy) is 4. The molecule has 9 heteroatoms. The lowest BCUT2D eigenvalue weighted by molar-refractivity contribution is -0.223. The molecule has 2 aliphatic heterocycles. The Hall–Kier alpha value is -2.82. The number of allylic oxidation sites excluding steroid dienone is 1. The van der Waals surface area contributed by atoms with E-state index in [1.54, 1.807) is 0 Å². The van der Waals surface area contributed by atoms with Gasteiger partial charge >= 0.3 is 0 Å². The van der Waals surface area contributed by atoms with Crippen LogP contribution in [0.4, 0.5) is 0 Å². The van der Waals surface area contributed by atoms with E-state index in [1.807, 2.05) is 30.0 Å². The van der Waals surface area contributed by atoms with Crippen LogP contribution in [0.25, 0.3) is 0 Å². The normalized spacial score (nSPS) is 29.9. The Labute approximate surface area is 326 Å². The molecule has 8 nitrogen and oxygen atoms in total. The Morgan fingerprint density at radius 3 is 2.43 bits per heavy atom. The minimum atomic E-state index is -0.951. The predicted octanol–water partition coefficient (Wildman–Crippen LogP) is 9.93. The average molecular weight is 760 g/mol. The zero-order chi connectivity index (χ0) is 37.5. The summed E-state index contributed by atoms with van der Waals surface area (Å²) in [6.07, 6.45) is 17.8. The van der Waals surface area contributed by atoms with Crippen molar-refractivity contribution in [2.45, 2.75) is 132 Å². The Bertz CT molecular complexity index is 1630. The van der Waals surface area contributed by atoms with Gasteiger partial charge in [0, 0.05) is 42.8 Å². The maximum absolute atomic E-state index is 9.93. The molecule has 294 valence electrons. The van der Waals surface area contributed by atoms with Gasteiger partial charge in [-0.3, -0.25) is 0 Å². The second-order valence-electron chi connectivity index (χ2n) is 16.0. The van der Waals surface area contributed by atoms with Crippen LogP contribution >= 0.6 is 11.8 Å². The number of hydrogen-bond donors (Lipinski definition) is 2. The van der Waals surface area contributed by atoms with E-state index in [0.29, 0.717) is 24.9 Å². The van der Waals surface area contributed by atoms with Gasteiger partial charge in [-0.05, 0) is 124 Å². The number of oxime groups is 1. The summed E-state index contributed by atoms with van der Waals surface area (Å²) in [5.41, 5.74) is 5.68. The summed E-state index contributed by atoms with van der Waals surface area (Å²) in [5, 5.41) is 25.3. The van der Waals surface area contributed by atoms with Crippen molar-refractivity contribution in [2.24, 2.45) is 22.9 Å². The van der Waals surface area contributed by atoms with Crippen LogP contribution < -0.4 is 9.47 Å². The highest BCUT2D eigenvalue weighted by molar-refractivity contribution is 8.00. The second kappa shape index (κ2) is 18.4. The molecule has 0 amide bonds. The molecule has 7 atom stereocenters. The topological polar surface area (TPSA) is 99.0 Å².